The highest BCUT2D eigenvalue weighted by Gasteiger charge is 2.38. The average Bonchev–Trinajstić information content (AvgIpc) is 3.27. The summed E-state index contributed by atoms with van der Waals surface area (Å²) in [5.41, 5.74) is 3.13. The standard InChI is InChI=1S/C31H39N3O7/c1-5-40-29(38)31(3,4)28(37)33-18-27(36)26(34-20(2)35)16-10-11-17-32-30(39)41-19-25-23-14-8-6-12-21(23)22-13-7-9-15-24(22)25/h6-9,12-15,25-26H,5,10-11,16-19H2,1-4H3,(H,32,39)(H,33,37)(H,34,35)/t26-/m0/s1. The highest BCUT2D eigenvalue weighted by Crippen LogP contribution is 2.44. The second-order valence-corrected chi connectivity index (χ2v) is 10.5. The molecule has 3 rings (SSSR count). The second-order valence-electron chi connectivity index (χ2n) is 10.5. The van der Waals surface area contributed by atoms with Crippen molar-refractivity contribution in [2.24, 2.45) is 5.41 Å². The molecule has 3 amide bonds. The Hall–Kier alpha value is -4.21. The SMILES string of the molecule is CCOC(=O)C(C)(C)C(=O)NCC(=O)[C@H](CCCCNC(=O)OCC1c2ccccc2-c2ccccc21)NC(C)=O. The number of fused-ring (bicyclic) bond motifs is 3. The van der Waals surface area contributed by atoms with Gasteiger partial charge in [-0.05, 0) is 62.3 Å². The Morgan fingerprint density at radius 1 is 0.878 bits per heavy atom. The molecule has 0 radical (unpaired) electrons. The lowest BCUT2D eigenvalue weighted by molar-refractivity contribution is -0.158. The van der Waals surface area contributed by atoms with E-state index in [1.165, 1.54) is 20.8 Å². The smallest absolute Gasteiger partial charge is 0.407 e. The summed E-state index contributed by atoms with van der Waals surface area (Å²) >= 11 is 0. The molecular weight excluding hydrogens is 526 g/mol. The third-order valence-electron chi connectivity index (χ3n) is 7.08. The van der Waals surface area contributed by atoms with Crippen LogP contribution >= 0.6 is 0 Å². The normalized spacial score (nSPS) is 12.9. The zero-order valence-corrected chi connectivity index (χ0v) is 24.1. The van der Waals surface area contributed by atoms with Crippen LogP contribution < -0.4 is 16.0 Å². The molecule has 220 valence electrons. The van der Waals surface area contributed by atoms with E-state index in [1.54, 1.807) is 6.92 Å². The predicted octanol–water partition coefficient (Wildman–Crippen LogP) is 3.47. The maximum absolute atomic E-state index is 12.7. The molecule has 0 saturated heterocycles. The van der Waals surface area contributed by atoms with Crippen LogP contribution in [0.1, 0.15) is 64.0 Å². The van der Waals surface area contributed by atoms with Crippen molar-refractivity contribution in [2.75, 3.05) is 26.3 Å². The summed E-state index contributed by atoms with van der Waals surface area (Å²) in [5, 5.41) is 7.82. The number of alkyl carbamates (subject to hydrolysis) is 1. The number of hydrogen-bond acceptors (Lipinski definition) is 7. The predicted molar refractivity (Wildman–Crippen MR) is 153 cm³/mol. The summed E-state index contributed by atoms with van der Waals surface area (Å²) in [6, 6.07) is 15.4. The Morgan fingerprint density at radius 2 is 1.49 bits per heavy atom. The Kier molecular flexibility index (Phi) is 11.0. The van der Waals surface area contributed by atoms with Crippen LogP contribution in [0.5, 0.6) is 0 Å². The fourth-order valence-corrected chi connectivity index (χ4v) is 4.79. The van der Waals surface area contributed by atoms with Crippen LogP contribution in [0.15, 0.2) is 48.5 Å². The Bertz CT molecular complexity index is 1230. The number of esters is 1. The number of Topliss-reactive ketones (excluding diaryl/α,β-unsaturated/α-hetero) is 1. The van der Waals surface area contributed by atoms with Gasteiger partial charge in [-0.3, -0.25) is 19.2 Å². The average molecular weight is 566 g/mol. The van der Waals surface area contributed by atoms with E-state index in [9.17, 15) is 24.0 Å². The minimum atomic E-state index is -1.45. The van der Waals surface area contributed by atoms with E-state index in [4.69, 9.17) is 9.47 Å². The second kappa shape index (κ2) is 14.4. The first kappa shape index (κ1) is 31.3. The van der Waals surface area contributed by atoms with Crippen LogP contribution in [-0.4, -0.2) is 62.0 Å². The minimum Gasteiger partial charge on any atom is -0.465 e. The van der Waals surface area contributed by atoms with Gasteiger partial charge in [0.25, 0.3) is 0 Å². The number of unbranched alkanes of at least 4 members (excludes halogenated alkanes) is 1. The molecule has 2 aromatic rings. The molecule has 0 spiro atoms. The van der Waals surface area contributed by atoms with Crippen molar-refractivity contribution in [1.29, 1.82) is 0 Å². The molecule has 1 aliphatic carbocycles. The third-order valence-corrected chi connectivity index (χ3v) is 7.08. The monoisotopic (exact) mass is 565 g/mol. The summed E-state index contributed by atoms with van der Waals surface area (Å²) in [5.74, 6) is -2.12. The first-order valence-corrected chi connectivity index (χ1v) is 13.9. The number of ether oxygens (including phenoxy) is 2. The molecule has 0 heterocycles. The summed E-state index contributed by atoms with van der Waals surface area (Å²) in [6.07, 6.45) is 0.883. The molecular formula is C31H39N3O7. The molecule has 10 nitrogen and oxygen atoms in total. The third kappa shape index (κ3) is 8.15. The van der Waals surface area contributed by atoms with Gasteiger partial charge in [-0.1, -0.05) is 48.5 Å². The van der Waals surface area contributed by atoms with Gasteiger partial charge < -0.3 is 25.4 Å². The molecule has 0 unspecified atom stereocenters. The largest absolute Gasteiger partial charge is 0.465 e. The van der Waals surface area contributed by atoms with Crippen LogP contribution in [0.2, 0.25) is 0 Å². The Balaban J connectivity index is 1.41. The van der Waals surface area contributed by atoms with Gasteiger partial charge in [0.1, 0.15) is 12.0 Å². The molecule has 0 saturated carbocycles. The molecule has 0 aliphatic heterocycles. The van der Waals surface area contributed by atoms with Crippen LogP contribution in [-0.2, 0) is 28.7 Å². The first-order chi connectivity index (χ1) is 19.6. The zero-order valence-electron chi connectivity index (χ0n) is 24.1. The number of nitrogens with one attached hydrogen (secondary N) is 3. The van der Waals surface area contributed by atoms with Crippen molar-refractivity contribution in [2.45, 2.75) is 58.9 Å². The van der Waals surface area contributed by atoms with Gasteiger partial charge in [-0.15, -0.1) is 0 Å². The van der Waals surface area contributed by atoms with Gasteiger partial charge in [-0.25, -0.2) is 4.79 Å². The van der Waals surface area contributed by atoms with Crippen molar-refractivity contribution >= 4 is 29.7 Å². The molecule has 1 aliphatic rings. The van der Waals surface area contributed by atoms with Crippen molar-refractivity contribution in [3.63, 3.8) is 0 Å². The lowest BCUT2D eigenvalue weighted by atomic mass is 9.92. The number of carbonyl (C=O) groups excluding carboxylic acids is 5. The highest BCUT2D eigenvalue weighted by molar-refractivity contribution is 6.03. The van der Waals surface area contributed by atoms with E-state index in [2.05, 4.69) is 40.2 Å². The molecule has 10 heteroatoms. The van der Waals surface area contributed by atoms with Crippen LogP contribution in [0.25, 0.3) is 11.1 Å². The van der Waals surface area contributed by atoms with Gasteiger partial charge in [0.15, 0.2) is 5.78 Å². The van der Waals surface area contributed by atoms with E-state index >= 15 is 0 Å². The van der Waals surface area contributed by atoms with Gasteiger partial charge in [0, 0.05) is 19.4 Å². The lowest BCUT2D eigenvalue weighted by Crippen LogP contribution is -2.49. The van der Waals surface area contributed by atoms with Crippen molar-refractivity contribution in [3.05, 3.63) is 59.7 Å². The van der Waals surface area contributed by atoms with Crippen LogP contribution in [0.3, 0.4) is 0 Å². The quantitative estimate of drug-likeness (QED) is 0.181. The number of ketones is 1. The maximum atomic E-state index is 12.7. The van der Waals surface area contributed by atoms with Crippen LogP contribution in [0.4, 0.5) is 4.79 Å². The Morgan fingerprint density at radius 3 is 2.07 bits per heavy atom. The summed E-state index contributed by atoms with van der Waals surface area (Å²) in [4.78, 5) is 61.2. The van der Waals surface area contributed by atoms with E-state index in [-0.39, 0.29) is 31.6 Å². The summed E-state index contributed by atoms with van der Waals surface area (Å²) in [7, 11) is 0. The van der Waals surface area contributed by atoms with Gasteiger partial charge in [0.2, 0.25) is 11.8 Å². The lowest BCUT2D eigenvalue weighted by Gasteiger charge is -2.22. The number of rotatable bonds is 14. The van der Waals surface area contributed by atoms with Crippen LogP contribution in [0, 0.1) is 5.41 Å². The van der Waals surface area contributed by atoms with Crippen molar-refractivity contribution in [3.8, 4) is 11.1 Å². The first-order valence-electron chi connectivity index (χ1n) is 13.9. The summed E-state index contributed by atoms with van der Waals surface area (Å²) < 4.78 is 10.5. The number of amides is 3. The minimum absolute atomic E-state index is 0.0269. The molecule has 1 atom stereocenters. The fourth-order valence-electron chi connectivity index (χ4n) is 4.79. The number of benzene rings is 2. The molecule has 0 bridgehead atoms. The number of hydrogen-bond donors (Lipinski definition) is 3. The number of carbonyl (C=O) groups is 5. The van der Waals surface area contributed by atoms with E-state index in [1.807, 2.05) is 24.3 Å². The zero-order chi connectivity index (χ0) is 30.0. The van der Waals surface area contributed by atoms with Crippen molar-refractivity contribution < 1.29 is 33.4 Å². The highest BCUT2D eigenvalue weighted by atomic mass is 16.5. The van der Waals surface area contributed by atoms with E-state index in [0.29, 0.717) is 25.8 Å². The van der Waals surface area contributed by atoms with Gasteiger partial charge in [-0.2, -0.15) is 0 Å². The maximum Gasteiger partial charge on any atom is 0.407 e. The molecule has 3 N–H and O–H groups in total. The van der Waals surface area contributed by atoms with E-state index in [0.717, 1.165) is 22.3 Å². The molecule has 41 heavy (non-hydrogen) atoms. The molecule has 0 fully saturated rings. The molecule has 0 aromatic heterocycles. The van der Waals surface area contributed by atoms with Crippen molar-refractivity contribution in [1.82, 2.24) is 16.0 Å². The van der Waals surface area contributed by atoms with E-state index < -0.39 is 35.2 Å². The fraction of sp³-hybridized carbons (Fsp3) is 0.452. The summed E-state index contributed by atoms with van der Waals surface area (Å²) in [6.45, 7) is 6.13. The Labute approximate surface area is 240 Å². The molecule has 2 aromatic carbocycles. The topological polar surface area (TPSA) is 140 Å². The van der Waals surface area contributed by atoms with Gasteiger partial charge >= 0.3 is 12.1 Å². The van der Waals surface area contributed by atoms with Gasteiger partial charge in [0.05, 0.1) is 19.2 Å².